The fraction of sp³-hybridized carbons (Fsp3) is 0. The summed E-state index contributed by atoms with van der Waals surface area (Å²) in [6.07, 6.45) is 0. The molecular weight excluding hydrogens is 634 g/mol. The SMILES string of the molecule is N#CC(C#N)=C1C(c2cc(F)c(C#N)c(F)c2)=C(C#N)c2c(F)c3c(c(F)c21)C(=C(C#N)C#N)C(c1cc(F)c(C#N)c(F)c1)=C3C#N. The third-order valence-electron chi connectivity index (χ3n) is 7.43. The maximum Gasteiger partial charge on any atom is 0.144 e. The Morgan fingerprint density at radius 1 is 0.417 bits per heavy atom. The minimum atomic E-state index is -1.63. The van der Waals surface area contributed by atoms with Crippen LogP contribution in [0.2, 0.25) is 0 Å². The third kappa shape index (κ3) is 4.18. The van der Waals surface area contributed by atoms with Crippen molar-refractivity contribution in [1.29, 1.82) is 42.1 Å². The van der Waals surface area contributed by atoms with Gasteiger partial charge in [-0.15, -0.1) is 0 Å². The number of fused-ring (bicyclic) bond motifs is 2. The molecule has 14 heteroatoms. The van der Waals surface area contributed by atoms with Gasteiger partial charge in [0.1, 0.15) is 106 Å². The molecule has 0 heterocycles. The molecule has 0 amide bonds. The first-order chi connectivity index (χ1) is 23.0. The average molecular weight is 638 g/mol. The highest BCUT2D eigenvalue weighted by molar-refractivity contribution is 6.30. The van der Waals surface area contributed by atoms with Gasteiger partial charge >= 0.3 is 0 Å². The van der Waals surface area contributed by atoms with E-state index in [1.54, 1.807) is 12.1 Å². The number of allylic oxidation sites excluding steroid dienone is 8. The normalized spacial score (nSPS) is 12.4. The smallest absolute Gasteiger partial charge is 0.144 e. The van der Waals surface area contributed by atoms with Crippen molar-refractivity contribution in [3.05, 3.63) is 115 Å². The molecule has 0 atom stereocenters. The molecule has 222 valence electrons. The van der Waals surface area contributed by atoms with Crippen LogP contribution in [0.1, 0.15) is 44.5 Å². The maximum atomic E-state index is 17.0. The van der Waals surface area contributed by atoms with E-state index in [0.29, 0.717) is 24.3 Å². The molecule has 0 N–H and O–H groups in total. The number of nitrogens with zero attached hydrogens (tertiary/aromatic N) is 8. The number of nitriles is 8. The van der Waals surface area contributed by atoms with E-state index >= 15 is 8.78 Å². The van der Waals surface area contributed by atoms with Gasteiger partial charge < -0.3 is 0 Å². The van der Waals surface area contributed by atoms with Crippen molar-refractivity contribution in [1.82, 2.24) is 0 Å². The monoisotopic (exact) mass is 638 g/mol. The summed E-state index contributed by atoms with van der Waals surface area (Å²) in [6.45, 7) is 0. The number of halogens is 6. The Hall–Kier alpha value is -7.88. The topological polar surface area (TPSA) is 190 Å². The molecule has 0 spiro atoms. The summed E-state index contributed by atoms with van der Waals surface area (Å²) in [5.74, 6) is -9.11. The Morgan fingerprint density at radius 2 is 0.708 bits per heavy atom. The molecule has 0 unspecified atom stereocenters. The summed E-state index contributed by atoms with van der Waals surface area (Å²) in [6, 6.07) is 13.5. The highest BCUT2D eigenvalue weighted by atomic mass is 19.2. The van der Waals surface area contributed by atoms with Crippen LogP contribution in [0.3, 0.4) is 0 Å². The van der Waals surface area contributed by atoms with Gasteiger partial charge in [0.25, 0.3) is 0 Å². The summed E-state index contributed by atoms with van der Waals surface area (Å²) in [4.78, 5) is 0. The van der Waals surface area contributed by atoms with Gasteiger partial charge in [-0.2, -0.15) is 42.1 Å². The van der Waals surface area contributed by atoms with E-state index in [9.17, 15) is 49.1 Å². The number of rotatable bonds is 2. The van der Waals surface area contributed by atoms with Gasteiger partial charge in [0.2, 0.25) is 0 Å². The van der Waals surface area contributed by atoms with Crippen molar-refractivity contribution in [2.24, 2.45) is 0 Å². The molecule has 0 radical (unpaired) electrons. The Kier molecular flexibility index (Phi) is 7.60. The van der Waals surface area contributed by atoms with Crippen molar-refractivity contribution < 1.29 is 26.3 Å². The van der Waals surface area contributed by atoms with Gasteiger partial charge in [0.05, 0.1) is 11.1 Å². The first-order valence-corrected chi connectivity index (χ1v) is 12.7. The van der Waals surface area contributed by atoms with Gasteiger partial charge in [-0.3, -0.25) is 0 Å². The summed E-state index contributed by atoms with van der Waals surface area (Å²) in [7, 11) is 0. The standard InChI is InChI=1S/C34H4F6N8/c35-21-1-13(2-22(36)17(21)9-45)25-19(11-47)29-31(27(25)15(5-41)6-42)34(40)32-28(16(7-43)8-44)26(20(12-48)30(32)33(29)39)14-3-23(37)18(10-46)24(38)4-14/h1-4H. The van der Waals surface area contributed by atoms with E-state index in [0.717, 1.165) is 0 Å². The largest absolute Gasteiger partial charge is 0.206 e. The fourth-order valence-corrected chi connectivity index (χ4v) is 5.60. The fourth-order valence-electron chi connectivity index (χ4n) is 5.60. The molecule has 0 aromatic heterocycles. The number of hydrogen-bond donors (Lipinski definition) is 0. The van der Waals surface area contributed by atoms with Gasteiger partial charge in [-0.25, -0.2) is 26.3 Å². The predicted molar refractivity (Wildman–Crippen MR) is 150 cm³/mol. The van der Waals surface area contributed by atoms with Gasteiger partial charge in [-0.1, -0.05) is 0 Å². The second-order valence-corrected chi connectivity index (χ2v) is 9.65. The van der Waals surface area contributed by atoms with Gasteiger partial charge in [0, 0.05) is 44.5 Å². The van der Waals surface area contributed by atoms with Crippen molar-refractivity contribution in [3.8, 4) is 48.6 Å². The van der Waals surface area contributed by atoms with Crippen LogP contribution in [0, 0.1) is 126 Å². The second kappa shape index (κ2) is 11.6. The molecule has 5 rings (SSSR count). The Bertz CT molecular complexity index is 2350. The van der Waals surface area contributed by atoms with E-state index in [4.69, 9.17) is 10.5 Å². The van der Waals surface area contributed by atoms with Crippen LogP contribution in [0.15, 0.2) is 35.4 Å². The molecule has 0 aliphatic heterocycles. The molecule has 2 aliphatic carbocycles. The highest BCUT2D eigenvalue weighted by Gasteiger charge is 2.44. The molecule has 0 fully saturated rings. The lowest BCUT2D eigenvalue weighted by Crippen LogP contribution is -2.05. The first-order valence-electron chi connectivity index (χ1n) is 12.7. The predicted octanol–water partition coefficient (Wildman–Crippen LogP) is 6.76. The van der Waals surface area contributed by atoms with E-state index in [-0.39, 0.29) is 0 Å². The second-order valence-electron chi connectivity index (χ2n) is 9.65. The van der Waals surface area contributed by atoms with E-state index in [1.807, 2.05) is 0 Å². The first kappa shape index (κ1) is 31.5. The Balaban J connectivity index is 2.05. The lowest BCUT2D eigenvalue weighted by molar-refractivity contribution is 0.575. The molecule has 0 bridgehead atoms. The molecule has 48 heavy (non-hydrogen) atoms. The summed E-state index contributed by atoms with van der Waals surface area (Å²) >= 11 is 0. The number of benzene rings is 3. The van der Waals surface area contributed by atoms with Crippen LogP contribution in [0.5, 0.6) is 0 Å². The summed E-state index contributed by atoms with van der Waals surface area (Å²) in [5.41, 5.74) is -14.2. The molecule has 3 aromatic rings. The van der Waals surface area contributed by atoms with Crippen molar-refractivity contribution >= 4 is 33.4 Å². The summed E-state index contributed by atoms with van der Waals surface area (Å²) < 4.78 is 92.9. The minimum Gasteiger partial charge on any atom is -0.206 e. The van der Waals surface area contributed by atoms with E-state index in [2.05, 4.69) is 0 Å². The molecule has 0 saturated carbocycles. The van der Waals surface area contributed by atoms with Crippen LogP contribution < -0.4 is 0 Å². The van der Waals surface area contributed by atoms with Crippen LogP contribution in [-0.4, -0.2) is 0 Å². The Morgan fingerprint density at radius 3 is 0.958 bits per heavy atom. The summed E-state index contributed by atoms with van der Waals surface area (Å²) in [5, 5.41) is 77.6. The van der Waals surface area contributed by atoms with Crippen molar-refractivity contribution in [2.75, 3.05) is 0 Å². The van der Waals surface area contributed by atoms with E-state index < -0.39 is 124 Å². The van der Waals surface area contributed by atoms with Gasteiger partial charge in [0.15, 0.2) is 0 Å². The third-order valence-corrected chi connectivity index (χ3v) is 7.43. The maximum absolute atomic E-state index is 17.0. The van der Waals surface area contributed by atoms with Crippen molar-refractivity contribution in [2.45, 2.75) is 0 Å². The zero-order chi connectivity index (χ0) is 35.2. The zero-order valence-electron chi connectivity index (χ0n) is 23.2. The van der Waals surface area contributed by atoms with Crippen LogP contribution in [-0.2, 0) is 0 Å². The lowest BCUT2D eigenvalue weighted by Gasteiger charge is -2.15. The van der Waals surface area contributed by atoms with Crippen LogP contribution >= 0.6 is 0 Å². The molecule has 8 nitrogen and oxygen atoms in total. The quantitative estimate of drug-likeness (QED) is 0.217. The van der Waals surface area contributed by atoms with Crippen LogP contribution in [0.25, 0.3) is 33.4 Å². The van der Waals surface area contributed by atoms with Gasteiger partial charge in [-0.05, 0) is 35.4 Å². The minimum absolute atomic E-state index is 0.525. The zero-order valence-corrected chi connectivity index (χ0v) is 23.2. The molecule has 0 saturated heterocycles. The average Bonchev–Trinajstić information content (AvgIpc) is 3.59. The highest BCUT2D eigenvalue weighted by Crippen LogP contribution is 2.57. The van der Waals surface area contributed by atoms with Crippen molar-refractivity contribution in [3.63, 3.8) is 0 Å². The van der Waals surface area contributed by atoms with E-state index in [1.165, 1.54) is 36.4 Å². The molecule has 2 aliphatic rings. The number of hydrogen-bond acceptors (Lipinski definition) is 8. The Labute approximate surface area is 265 Å². The lowest BCUT2D eigenvalue weighted by atomic mass is 9.88. The van der Waals surface area contributed by atoms with Crippen LogP contribution in [0.4, 0.5) is 26.3 Å². The molecule has 3 aromatic carbocycles. The molecular formula is C34H4F6N8.